The van der Waals surface area contributed by atoms with Crippen molar-refractivity contribution in [1.29, 1.82) is 0 Å². The Balaban J connectivity index is 1.56. The number of carbonyl (C=O) groups excluding carboxylic acids is 3. The van der Waals surface area contributed by atoms with Gasteiger partial charge in [0, 0.05) is 40.6 Å². The van der Waals surface area contributed by atoms with Gasteiger partial charge in [-0.3, -0.25) is 14.6 Å². The highest BCUT2D eigenvalue weighted by Crippen LogP contribution is 2.24. The van der Waals surface area contributed by atoms with Crippen LogP contribution in [-0.2, 0) is 34.0 Å². The molecule has 3 amide bonds. The molecule has 2 aromatic rings. The molecule has 0 saturated heterocycles. The van der Waals surface area contributed by atoms with Gasteiger partial charge in [-0.2, -0.15) is 0 Å². The van der Waals surface area contributed by atoms with E-state index in [1.54, 1.807) is 23.2 Å². The molecule has 8 nitrogen and oxygen atoms in total. The summed E-state index contributed by atoms with van der Waals surface area (Å²) in [6.07, 6.45) is 0.114. The van der Waals surface area contributed by atoms with E-state index in [2.05, 4.69) is 16.1 Å². The molecule has 0 fully saturated rings. The van der Waals surface area contributed by atoms with Crippen LogP contribution in [0.5, 0.6) is 0 Å². The van der Waals surface area contributed by atoms with Crippen molar-refractivity contribution in [1.82, 2.24) is 21.1 Å². The predicted molar refractivity (Wildman–Crippen MR) is 146 cm³/mol. The summed E-state index contributed by atoms with van der Waals surface area (Å²) >= 11 is 13.6. The zero-order chi connectivity index (χ0) is 27.2. The number of halogens is 2. The number of hydrogen-bond donors (Lipinski definition) is 3. The third-order valence-corrected chi connectivity index (χ3v) is 7.09. The van der Waals surface area contributed by atoms with E-state index < -0.39 is 11.6 Å². The van der Waals surface area contributed by atoms with Crippen LogP contribution in [-0.4, -0.2) is 35.0 Å². The van der Waals surface area contributed by atoms with Gasteiger partial charge in [-0.25, -0.2) is 10.2 Å². The molecule has 0 spiro atoms. The van der Waals surface area contributed by atoms with Gasteiger partial charge in [-0.15, -0.1) is 11.3 Å². The molecule has 11 heteroatoms. The molecule has 1 aromatic carbocycles. The lowest BCUT2D eigenvalue weighted by Crippen LogP contribution is -2.46. The Kier molecular flexibility index (Phi) is 10.0. The van der Waals surface area contributed by atoms with Gasteiger partial charge in [0.25, 0.3) is 5.91 Å². The molecule has 200 valence electrons. The Morgan fingerprint density at radius 3 is 2.54 bits per heavy atom. The molecule has 1 aliphatic rings. The molecule has 1 aromatic heterocycles. The van der Waals surface area contributed by atoms with Crippen molar-refractivity contribution in [2.75, 3.05) is 6.54 Å². The topological polar surface area (TPSA) is 99.8 Å². The van der Waals surface area contributed by atoms with E-state index in [-0.39, 0.29) is 31.4 Å². The maximum atomic E-state index is 13.0. The highest BCUT2D eigenvalue weighted by Gasteiger charge is 2.27. The van der Waals surface area contributed by atoms with Crippen molar-refractivity contribution in [2.24, 2.45) is 0 Å². The average Bonchev–Trinajstić information content (AvgIpc) is 3.23. The average molecular weight is 568 g/mol. The minimum absolute atomic E-state index is 0.0309. The van der Waals surface area contributed by atoms with Crippen molar-refractivity contribution in [2.45, 2.75) is 65.8 Å². The summed E-state index contributed by atoms with van der Waals surface area (Å²) in [6, 6.07) is 8.92. The molecule has 1 aliphatic heterocycles. The van der Waals surface area contributed by atoms with Gasteiger partial charge in [0.15, 0.2) is 0 Å². The normalized spacial score (nSPS) is 14.1. The Bertz CT molecular complexity index is 1190. The molecule has 3 rings (SSSR count). The molecular formula is C26H32Cl2N4O4S. The van der Waals surface area contributed by atoms with Crippen LogP contribution < -0.4 is 16.1 Å². The standard InChI is InChI=1S/C26H32Cl2N4O4S/c1-16-9-10-32(30-14-20-7-8-22(28)37-20)24(34)21(16)12-23(33)29-13-18-11-19(27)6-5-17(18)15-36-25(35)31-26(2,3)4/h5-8,11,30H,9-10,12-15H2,1-4H3,(H,29,33)(H,31,35). The summed E-state index contributed by atoms with van der Waals surface area (Å²) in [6.45, 7) is 8.69. The highest BCUT2D eigenvalue weighted by molar-refractivity contribution is 7.16. The summed E-state index contributed by atoms with van der Waals surface area (Å²) in [5, 5.41) is 7.66. The van der Waals surface area contributed by atoms with Gasteiger partial charge in [-0.1, -0.05) is 34.8 Å². The lowest BCUT2D eigenvalue weighted by atomic mass is 9.98. The van der Waals surface area contributed by atoms with Crippen molar-refractivity contribution < 1.29 is 19.1 Å². The number of amides is 3. The minimum Gasteiger partial charge on any atom is -0.445 e. The molecule has 37 heavy (non-hydrogen) atoms. The second kappa shape index (κ2) is 12.8. The minimum atomic E-state index is -0.531. The number of alkyl carbamates (subject to hydrolysis) is 1. The van der Waals surface area contributed by atoms with Gasteiger partial charge in [0.2, 0.25) is 5.91 Å². The van der Waals surface area contributed by atoms with E-state index in [9.17, 15) is 14.4 Å². The van der Waals surface area contributed by atoms with Gasteiger partial charge in [-0.05, 0) is 69.5 Å². The number of carbonyl (C=O) groups is 3. The molecule has 0 radical (unpaired) electrons. The van der Waals surface area contributed by atoms with Gasteiger partial charge in [0.1, 0.15) is 6.61 Å². The molecule has 0 atom stereocenters. The van der Waals surface area contributed by atoms with Crippen LogP contribution in [0.25, 0.3) is 0 Å². The first-order valence-electron chi connectivity index (χ1n) is 11.9. The van der Waals surface area contributed by atoms with Gasteiger partial charge < -0.3 is 15.4 Å². The Morgan fingerprint density at radius 2 is 1.86 bits per heavy atom. The number of hydrazine groups is 1. The second-order valence-corrected chi connectivity index (χ2v) is 12.1. The second-order valence-electron chi connectivity index (χ2n) is 9.82. The van der Waals surface area contributed by atoms with Crippen LogP contribution in [0.15, 0.2) is 41.5 Å². The quantitative estimate of drug-likeness (QED) is 0.380. The third kappa shape index (κ3) is 9.03. The Hall–Kier alpha value is -2.59. The van der Waals surface area contributed by atoms with Crippen molar-refractivity contribution in [3.8, 4) is 0 Å². The third-order valence-electron chi connectivity index (χ3n) is 5.62. The van der Waals surface area contributed by atoms with E-state index in [1.807, 2.05) is 39.8 Å². The summed E-state index contributed by atoms with van der Waals surface area (Å²) < 4.78 is 6.02. The van der Waals surface area contributed by atoms with Crippen molar-refractivity contribution >= 4 is 52.4 Å². The highest BCUT2D eigenvalue weighted by atomic mass is 35.5. The van der Waals surface area contributed by atoms with Gasteiger partial charge >= 0.3 is 6.09 Å². The zero-order valence-electron chi connectivity index (χ0n) is 21.4. The maximum absolute atomic E-state index is 13.0. The molecule has 0 saturated carbocycles. The summed E-state index contributed by atoms with van der Waals surface area (Å²) in [4.78, 5) is 38.9. The summed E-state index contributed by atoms with van der Waals surface area (Å²) in [7, 11) is 0. The zero-order valence-corrected chi connectivity index (χ0v) is 23.7. The van der Waals surface area contributed by atoms with Crippen LogP contribution >= 0.6 is 34.5 Å². The number of rotatable bonds is 9. The van der Waals surface area contributed by atoms with Crippen LogP contribution in [0.3, 0.4) is 0 Å². The van der Waals surface area contributed by atoms with E-state index >= 15 is 0 Å². The van der Waals surface area contributed by atoms with Crippen LogP contribution in [0.2, 0.25) is 9.36 Å². The van der Waals surface area contributed by atoms with E-state index in [1.165, 1.54) is 11.3 Å². The number of thiophene rings is 1. The van der Waals surface area contributed by atoms with Crippen LogP contribution in [0.4, 0.5) is 4.79 Å². The Labute approximate surface area is 231 Å². The monoisotopic (exact) mass is 566 g/mol. The largest absolute Gasteiger partial charge is 0.445 e. The lowest BCUT2D eigenvalue weighted by molar-refractivity contribution is -0.132. The number of ether oxygens (including phenoxy) is 1. The lowest BCUT2D eigenvalue weighted by Gasteiger charge is -2.29. The number of hydrogen-bond acceptors (Lipinski definition) is 6. The molecule has 2 heterocycles. The van der Waals surface area contributed by atoms with Crippen molar-refractivity contribution in [3.05, 3.63) is 66.8 Å². The van der Waals surface area contributed by atoms with E-state index in [4.69, 9.17) is 27.9 Å². The summed E-state index contributed by atoms with van der Waals surface area (Å²) in [5.74, 6) is -0.491. The van der Waals surface area contributed by atoms with Crippen LogP contribution in [0.1, 0.15) is 56.5 Å². The first kappa shape index (κ1) is 29.0. The Morgan fingerprint density at radius 1 is 1.11 bits per heavy atom. The fraction of sp³-hybridized carbons (Fsp3) is 0.423. The first-order chi connectivity index (χ1) is 17.4. The predicted octanol–water partition coefficient (Wildman–Crippen LogP) is 5.34. The summed E-state index contributed by atoms with van der Waals surface area (Å²) in [5.41, 5.74) is 5.56. The maximum Gasteiger partial charge on any atom is 0.407 e. The molecular weight excluding hydrogens is 535 g/mol. The molecule has 0 unspecified atom stereocenters. The van der Waals surface area contributed by atoms with Gasteiger partial charge in [0.05, 0.1) is 10.8 Å². The SMILES string of the molecule is CC1=C(CC(=O)NCc2cc(Cl)ccc2COC(=O)NC(C)(C)C)C(=O)N(NCc2ccc(Cl)s2)CC1. The molecule has 3 N–H and O–H groups in total. The van der Waals surface area contributed by atoms with Crippen molar-refractivity contribution in [3.63, 3.8) is 0 Å². The van der Waals surface area contributed by atoms with Crippen LogP contribution in [0, 0.1) is 0 Å². The molecule has 0 bridgehead atoms. The fourth-order valence-electron chi connectivity index (χ4n) is 3.68. The molecule has 0 aliphatic carbocycles. The van der Waals surface area contributed by atoms with E-state index in [0.29, 0.717) is 34.4 Å². The number of benzene rings is 1. The number of nitrogens with zero attached hydrogens (tertiary/aromatic N) is 1. The number of nitrogens with one attached hydrogen (secondary N) is 3. The first-order valence-corrected chi connectivity index (χ1v) is 13.5. The van der Waals surface area contributed by atoms with E-state index in [0.717, 1.165) is 21.6 Å². The smallest absolute Gasteiger partial charge is 0.407 e. The fourth-order valence-corrected chi connectivity index (χ4v) is 4.89.